The number of nitrogens with zero attached hydrogens (tertiary/aromatic N) is 7. The first kappa shape index (κ1) is 52.9. The Morgan fingerprint density at radius 3 is 2.30 bits per heavy atom. The van der Waals surface area contributed by atoms with Gasteiger partial charge in [0.2, 0.25) is 17.8 Å². The molecule has 4 heterocycles. The predicted octanol–water partition coefficient (Wildman–Crippen LogP) is 8.92. The number of thiazole rings is 1. The molecule has 74 heavy (non-hydrogen) atoms. The van der Waals surface area contributed by atoms with Crippen LogP contribution < -0.4 is 25.6 Å². The molecule has 3 aromatic carbocycles. The van der Waals surface area contributed by atoms with Crippen molar-refractivity contribution < 1.29 is 28.5 Å². The standard InChI is InChI=1S/C57H74N10O6S/c1-39(58-2)53(68)64-52(41-16-9-6-10-17-41)56(69)66-29-13-20-50(66)54-62-49(38-74-54)45-25-26-51(46-19-12-11-18-44(45)46)73-35-33-71-31-30-70-32-34-72-43-23-21-42(22-24-43)61-57-59-28-27-48(63-57)47-36-60-67(55(47)65(3)4)37-40-14-7-5-8-15-40/h5,7-8,11-12,14-15,18-19,25-28,36,38-39,41-43,50,52,58H,6,9-10,13,16-17,20-24,29-35,37H2,1-4H3,(H,64,68)(H,59,61,63)/t39-,42-,43-,50-,52-/m0/s1. The number of hydrogen-bond acceptors (Lipinski definition) is 14. The molecule has 3 aromatic heterocycles. The normalized spacial score (nSPS) is 19.1. The van der Waals surface area contributed by atoms with Gasteiger partial charge >= 0.3 is 0 Å². The Morgan fingerprint density at radius 2 is 1.53 bits per heavy atom. The summed E-state index contributed by atoms with van der Waals surface area (Å²) in [5.74, 6) is 2.46. The van der Waals surface area contributed by atoms with E-state index in [4.69, 9.17) is 34.0 Å². The largest absolute Gasteiger partial charge is 0.491 e. The first-order valence-corrected chi connectivity index (χ1v) is 27.6. The highest BCUT2D eigenvalue weighted by Gasteiger charge is 2.40. The highest BCUT2D eigenvalue weighted by Crippen LogP contribution is 2.40. The Kier molecular flexibility index (Phi) is 18.6. The molecule has 0 spiro atoms. The summed E-state index contributed by atoms with van der Waals surface area (Å²) in [6, 6.07) is 23.9. The van der Waals surface area contributed by atoms with Gasteiger partial charge in [0.15, 0.2) is 0 Å². The van der Waals surface area contributed by atoms with Crippen LogP contribution in [-0.2, 0) is 30.3 Å². The molecule has 2 amide bonds. The van der Waals surface area contributed by atoms with Crippen LogP contribution in [0.15, 0.2) is 90.6 Å². The molecule has 394 valence electrons. The van der Waals surface area contributed by atoms with E-state index < -0.39 is 6.04 Å². The zero-order valence-corrected chi connectivity index (χ0v) is 44.4. The number of nitrogens with one attached hydrogen (secondary N) is 3. The van der Waals surface area contributed by atoms with E-state index in [1.165, 1.54) is 12.0 Å². The Hall–Kier alpha value is -5.98. The minimum absolute atomic E-state index is 0.0232. The number of fused-ring (bicyclic) bond motifs is 1. The summed E-state index contributed by atoms with van der Waals surface area (Å²) >= 11 is 1.60. The number of rotatable bonds is 24. The molecule has 0 radical (unpaired) electrons. The Labute approximate surface area is 439 Å². The van der Waals surface area contributed by atoms with Gasteiger partial charge in [0, 0.05) is 49.2 Å². The maximum atomic E-state index is 14.4. The van der Waals surface area contributed by atoms with Crippen LogP contribution in [0.1, 0.15) is 94.2 Å². The number of likely N-dealkylation sites (tertiary alicyclic amines) is 1. The maximum Gasteiger partial charge on any atom is 0.246 e. The lowest BCUT2D eigenvalue weighted by molar-refractivity contribution is -0.139. The van der Waals surface area contributed by atoms with Crippen LogP contribution in [0, 0.1) is 5.92 Å². The number of ether oxygens (including phenoxy) is 4. The molecule has 3 aliphatic rings. The van der Waals surface area contributed by atoms with Crippen molar-refractivity contribution in [1.29, 1.82) is 0 Å². The molecule has 0 bridgehead atoms. The van der Waals surface area contributed by atoms with Gasteiger partial charge in [-0.2, -0.15) is 5.10 Å². The fraction of sp³-hybridized carbons (Fsp3) is 0.509. The quantitative estimate of drug-likeness (QED) is 0.0492. The molecule has 17 heteroatoms. The van der Waals surface area contributed by atoms with Gasteiger partial charge in [0.05, 0.1) is 80.9 Å². The van der Waals surface area contributed by atoms with Crippen molar-refractivity contribution >= 4 is 45.7 Å². The third kappa shape index (κ3) is 13.3. The van der Waals surface area contributed by atoms with Crippen molar-refractivity contribution in [2.24, 2.45) is 5.92 Å². The lowest BCUT2D eigenvalue weighted by Crippen LogP contribution is -2.55. The van der Waals surface area contributed by atoms with E-state index in [9.17, 15) is 9.59 Å². The third-order valence-electron chi connectivity index (χ3n) is 14.8. The van der Waals surface area contributed by atoms with Crippen LogP contribution in [0.2, 0.25) is 0 Å². The number of hydrogen-bond donors (Lipinski definition) is 3. The van der Waals surface area contributed by atoms with Gasteiger partial charge in [-0.05, 0) is 100 Å². The van der Waals surface area contributed by atoms with E-state index in [1.54, 1.807) is 18.4 Å². The van der Waals surface area contributed by atoms with Crippen LogP contribution in [0.3, 0.4) is 0 Å². The predicted molar refractivity (Wildman–Crippen MR) is 292 cm³/mol. The molecule has 1 aliphatic heterocycles. The number of amides is 2. The molecule has 3 fully saturated rings. The van der Waals surface area contributed by atoms with E-state index in [0.29, 0.717) is 58.7 Å². The van der Waals surface area contributed by atoms with E-state index >= 15 is 0 Å². The smallest absolute Gasteiger partial charge is 0.246 e. The number of carbonyl (C=O) groups excluding carboxylic acids is 2. The van der Waals surface area contributed by atoms with E-state index in [2.05, 4.69) is 73.7 Å². The van der Waals surface area contributed by atoms with Gasteiger partial charge in [-0.1, -0.05) is 73.9 Å². The second kappa shape index (κ2) is 26.0. The molecule has 16 nitrogen and oxygen atoms in total. The minimum atomic E-state index is -0.522. The van der Waals surface area contributed by atoms with Crippen molar-refractivity contribution in [2.75, 3.05) is 77.5 Å². The van der Waals surface area contributed by atoms with Gasteiger partial charge in [-0.3, -0.25) is 9.59 Å². The van der Waals surface area contributed by atoms with E-state index in [0.717, 1.165) is 114 Å². The number of benzene rings is 3. The Morgan fingerprint density at radius 1 is 0.784 bits per heavy atom. The van der Waals surface area contributed by atoms with Crippen LogP contribution in [0.25, 0.3) is 33.3 Å². The molecule has 2 aliphatic carbocycles. The SMILES string of the molecule is CN[C@@H](C)C(=O)N[C@H](C(=O)N1CCC[C@H]1c1nc(-c2ccc(OCCOCCOCCO[C@H]3CC[C@H](Nc4nccc(-c5cnn(Cc6ccccc6)c5N(C)C)n4)CC3)c3ccccc23)cs1)C1CCCCC1. The summed E-state index contributed by atoms with van der Waals surface area (Å²) in [6.45, 7) is 6.03. The lowest BCUT2D eigenvalue weighted by Gasteiger charge is -2.35. The second-order valence-electron chi connectivity index (χ2n) is 20.1. The monoisotopic (exact) mass is 1030 g/mol. The molecule has 3 atom stereocenters. The van der Waals surface area contributed by atoms with Crippen LogP contribution >= 0.6 is 11.3 Å². The van der Waals surface area contributed by atoms with Gasteiger partial charge < -0.3 is 44.7 Å². The number of aromatic nitrogens is 5. The van der Waals surface area contributed by atoms with Crippen molar-refractivity contribution in [3.63, 3.8) is 0 Å². The maximum absolute atomic E-state index is 14.4. The topological polar surface area (TPSA) is 170 Å². The minimum Gasteiger partial charge on any atom is -0.491 e. The van der Waals surface area contributed by atoms with Crippen molar-refractivity contribution in [1.82, 2.24) is 40.3 Å². The van der Waals surface area contributed by atoms with Crippen molar-refractivity contribution in [3.05, 3.63) is 101 Å². The average molecular weight is 1030 g/mol. The zero-order chi connectivity index (χ0) is 51.2. The summed E-state index contributed by atoms with van der Waals surface area (Å²) in [5, 5.41) is 19.6. The second-order valence-corrected chi connectivity index (χ2v) is 20.9. The first-order valence-electron chi connectivity index (χ1n) is 26.8. The number of likely N-dealkylation sites (N-methyl/N-ethyl adjacent to an activating group) is 1. The van der Waals surface area contributed by atoms with Crippen LogP contribution in [0.5, 0.6) is 5.75 Å². The lowest BCUT2D eigenvalue weighted by atomic mass is 9.83. The Balaban J connectivity index is 0.678. The van der Waals surface area contributed by atoms with Gasteiger partial charge in [-0.25, -0.2) is 19.6 Å². The molecular formula is C57H74N10O6S. The molecular weight excluding hydrogens is 953 g/mol. The highest BCUT2D eigenvalue weighted by atomic mass is 32.1. The van der Waals surface area contributed by atoms with Gasteiger partial charge in [-0.15, -0.1) is 11.3 Å². The van der Waals surface area contributed by atoms with E-state index in [1.807, 2.05) is 73.3 Å². The number of anilines is 2. The van der Waals surface area contributed by atoms with Crippen LogP contribution in [-0.4, -0.2) is 133 Å². The summed E-state index contributed by atoms with van der Waals surface area (Å²) in [7, 11) is 5.84. The van der Waals surface area contributed by atoms with E-state index in [-0.39, 0.29) is 42.0 Å². The fourth-order valence-corrected chi connectivity index (χ4v) is 11.7. The van der Waals surface area contributed by atoms with Crippen LogP contribution in [0.4, 0.5) is 11.8 Å². The molecule has 9 rings (SSSR count). The zero-order valence-electron chi connectivity index (χ0n) is 43.5. The number of carbonyl (C=O) groups is 2. The highest BCUT2D eigenvalue weighted by molar-refractivity contribution is 7.10. The summed E-state index contributed by atoms with van der Waals surface area (Å²) < 4.78 is 26.2. The average Bonchev–Trinajstić information content (AvgIpc) is 4.23. The molecule has 3 N–H and O–H groups in total. The van der Waals surface area contributed by atoms with Crippen molar-refractivity contribution in [3.8, 4) is 28.3 Å². The van der Waals surface area contributed by atoms with Crippen molar-refractivity contribution in [2.45, 2.75) is 114 Å². The van der Waals surface area contributed by atoms with Gasteiger partial charge in [0.25, 0.3) is 0 Å². The summed E-state index contributed by atoms with van der Waals surface area (Å²) in [6.07, 6.45) is 14.8. The van der Waals surface area contributed by atoms with Gasteiger partial charge in [0.1, 0.15) is 29.2 Å². The molecule has 6 aromatic rings. The summed E-state index contributed by atoms with van der Waals surface area (Å²) in [4.78, 5) is 46.2. The molecule has 0 unspecified atom stereocenters. The summed E-state index contributed by atoms with van der Waals surface area (Å²) in [5.41, 5.74) is 4.91. The molecule has 2 saturated carbocycles. The first-order chi connectivity index (χ1) is 36.2. The third-order valence-corrected chi connectivity index (χ3v) is 15.7. The Bertz CT molecular complexity index is 2740. The fourth-order valence-electron chi connectivity index (χ4n) is 10.8. The molecule has 1 saturated heterocycles.